The Labute approximate surface area is 166 Å². The van der Waals surface area contributed by atoms with E-state index in [0.717, 1.165) is 24.5 Å². The molecule has 2 heterocycles. The van der Waals surface area contributed by atoms with Gasteiger partial charge < -0.3 is 4.90 Å². The highest BCUT2D eigenvalue weighted by Crippen LogP contribution is 2.27. The van der Waals surface area contributed by atoms with Gasteiger partial charge in [0, 0.05) is 25.3 Å². The van der Waals surface area contributed by atoms with E-state index in [4.69, 9.17) is 0 Å². The number of pyridine rings is 1. The predicted molar refractivity (Wildman–Crippen MR) is 112 cm³/mol. The van der Waals surface area contributed by atoms with E-state index in [2.05, 4.69) is 39.0 Å². The smallest absolute Gasteiger partial charge is 0.135 e. The summed E-state index contributed by atoms with van der Waals surface area (Å²) in [6.07, 6.45) is 0.956. The summed E-state index contributed by atoms with van der Waals surface area (Å²) in [5.74, 6) is 0. The van der Waals surface area contributed by atoms with Crippen molar-refractivity contribution in [2.75, 3.05) is 18.0 Å². The van der Waals surface area contributed by atoms with Crippen molar-refractivity contribution < 1.29 is 4.39 Å². The van der Waals surface area contributed by atoms with Gasteiger partial charge in [0.15, 0.2) is 0 Å². The SMILES string of the molecule is Cc1ccc(N2CC(F)C(N(Cc3ccccc3)Cc3ccccc3)C2)cn1. The van der Waals surface area contributed by atoms with Gasteiger partial charge in [0.25, 0.3) is 0 Å². The molecule has 3 aromatic rings. The van der Waals surface area contributed by atoms with Crippen LogP contribution in [-0.2, 0) is 13.1 Å². The van der Waals surface area contributed by atoms with Crippen LogP contribution < -0.4 is 4.90 Å². The Morgan fingerprint density at radius 1 is 0.893 bits per heavy atom. The molecule has 0 radical (unpaired) electrons. The van der Waals surface area contributed by atoms with Crippen molar-refractivity contribution >= 4 is 5.69 Å². The standard InChI is InChI=1S/C24H26FN3/c1-19-12-13-22(14-26-19)27-17-23(25)24(18-27)28(15-20-8-4-2-5-9-20)16-21-10-6-3-7-11-21/h2-14,23-24H,15-18H2,1H3. The fraction of sp³-hybridized carbons (Fsp3) is 0.292. The van der Waals surface area contributed by atoms with Crippen molar-refractivity contribution in [1.29, 1.82) is 0 Å². The number of nitrogens with zero attached hydrogens (tertiary/aromatic N) is 3. The van der Waals surface area contributed by atoms with Crippen LogP contribution in [-0.4, -0.2) is 35.2 Å². The minimum absolute atomic E-state index is 0.151. The monoisotopic (exact) mass is 375 g/mol. The van der Waals surface area contributed by atoms with Gasteiger partial charge in [-0.15, -0.1) is 0 Å². The zero-order valence-electron chi connectivity index (χ0n) is 16.2. The number of hydrogen-bond donors (Lipinski definition) is 0. The summed E-state index contributed by atoms with van der Waals surface area (Å²) in [6, 6.07) is 24.5. The number of rotatable bonds is 6. The molecular formula is C24H26FN3. The van der Waals surface area contributed by atoms with Crippen LogP contribution in [0.2, 0.25) is 0 Å². The maximum atomic E-state index is 15.2. The van der Waals surface area contributed by atoms with Crippen molar-refractivity contribution in [3.05, 3.63) is 95.8 Å². The zero-order chi connectivity index (χ0) is 19.3. The minimum atomic E-state index is -0.895. The molecule has 0 spiro atoms. The van der Waals surface area contributed by atoms with Crippen LogP contribution in [0.4, 0.5) is 10.1 Å². The Morgan fingerprint density at radius 2 is 1.50 bits per heavy atom. The van der Waals surface area contributed by atoms with Crippen LogP contribution in [0.15, 0.2) is 79.0 Å². The van der Waals surface area contributed by atoms with Crippen LogP contribution in [0.1, 0.15) is 16.8 Å². The first-order valence-corrected chi connectivity index (χ1v) is 9.82. The molecule has 144 valence electrons. The first-order valence-electron chi connectivity index (χ1n) is 9.82. The van der Waals surface area contributed by atoms with Gasteiger partial charge in [0.1, 0.15) is 6.17 Å². The molecule has 0 N–H and O–H groups in total. The molecule has 2 atom stereocenters. The number of aromatic nitrogens is 1. The average molecular weight is 375 g/mol. The Hall–Kier alpha value is -2.72. The topological polar surface area (TPSA) is 19.4 Å². The molecule has 0 aliphatic carbocycles. The van der Waals surface area contributed by atoms with Gasteiger partial charge in [-0.3, -0.25) is 9.88 Å². The highest BCUT2D eigenvalue weighted by Gasteiger charge is 2.37. The molecule has 4 rings (SSSR count). The van der Waals surface area contributed by atoms with Crippen LogP contribution >= 0.6 is 0 Å². The minimum Gasteiger partial charge on any atom is -0.366 e. The van der Waals surface area contributed by atoms with Crippen LogP contribution in [0, 0.1) is 6.92 Å². The van der Waals surface area contributed by atoms with E-state index in [0.29, 0.717) is 13.1 Å². The lowest BCUT2D eigenvalue weighted by Crippen LogP contribution is -2.41. The first kappa shape index (κ1) is 18.6. The van der Waals surface area contributed by atoms with Crippen molar-refractivity contribution in [1.82, 2.24) is 9.88 Å². The Balaban J connectivity index is 1.55. The molecule has 4 heteroatoms. The highest BCUT2D eigenvalue weighted by atomic mass is 19.1. The molecule has 2 unspecified atom stereocenters. The lowest BCUT2D eigenvalue weighted by molar-refractivity contribution is 0.129. The Morgan fingerprint density at radius 3 is 2.04 bits per heavy atom. The van der Waals surface area contributed by atoms with E-state index in [1.807, 2.05) is 61.7 Å². The lowest BCUT2D eigenvalue weighted by atomic mass is 10.1. The fourth-order valence-corrected chi connectivity index (χ4v) is 3.88. The van der Waals surface area contributed by atoms with E-state index in [1.165, 1.54) is 11.1 Å². The molecule has 1 aliphatic heterocycles. The molecule has 0 amide bonds. The van der Waals surface area contributed by atoms with Gasteiger partial charge >= 0.3 is 0 Å². The van der Waals surface area contributed by atoms with Crippen LogP contribution in [0.25, 0.3) is 0 Å². The van der Waals surface area contributed by atoms with Gasteiger partial charge in [0.05, 0.1) is 24.5 Å². The second kappa shape index (κ2) is 8.53. The molecule has 2 aromatic carbocycles. The van der Waals surface area contributed by atoms with E-state index in [-0.39, 0.29) is 6.04 Å². The van der Waals surface area contributed by atoms with Gasteiger partial charge in [-0.05, 0) is 30.2 Å². The average Bonchev–Trinajstić information content (AvgIpc) is 3.11. The lowest BCUT2D eigenvalue weighted by Gasteiger charge is -2.30. The third kappa shape index (κ3) is 4.39. The third-order valence-corrected chi connectivity index (χ3v) is 5.41. The summed E-state index contributed by atoms with van der Waals surface area (Å²) < 4.78 is 15.2. The number of halogens is 1. The summed E-state index contributed by atoms with van der Waals surface area (Å²) in [7, 11) is 0. The summed E-state index contributed by atoms with van der Waals surface area (Å²) in [5, 5.41) is 0. The van der Waals surface area contributed by atoms with E-state index in [1.54, 1.807) is 0 Å². The number of alkyl halides is 1. The van der Waals surface area contributed by atoms with Crippen molar-refractivity contribution in [2.24, 2.45) is 0 Å². The number of aryl methyl sites for hydroxylation is 1. The molecule has 0 bridgehead atoms. The third-order valence-electron chi connectivity index (χ3n) is 5.41. The maximum absolute atomic E-state index is 15.2. The van der Waals surface area contributed by atoms with Crippen LogP contribution in [0.5, 0.6) is 0 Å². The van der Waals surface area contributed by atoms with Gasteiger partial charge in [-0.25, -0.2) is 4.39 Å². The molecule has 1 aromatic heterocycles. The first-order chi connectivity index (χ1) is 13.7. The molecule has 1 saturated heterocycles. The predicted octanol–water partition coefficient (Wildman–Crippen LogP) is 4.62. The molecule has 1 aliphatic rings. The second-order valence-electron chi connectivity index (χ2n) is 7.52. The second-order valence-corrected chi connectivity index (χ2v) is 7.52. The Kier molecular flexibility index (Phi) is 5.68. The molecular weight excluding hydrogens is 349 g/mol. The van der Waals surface area contributed by atoms with E-state index < -0.39 is 6.17 Å². The van der Waals surface area contributed by atoms with Crippen molar-refractivity contribution in [3.63, 3.8) is 0 Å². The fourth-order valence-electron chi connectivity index (χ4n) is 3.88. The number of benzene rings is 2. The molecule has 28 heavy (non-hydrogen) atoms. The number of anilines is 1. The zero-order valence-corrected chi connectivity index (χ0v) is 16.2. The van der Waals surface area contributed by atoms with Crippen molar-refractivity contribution in [2.45, 2.75) is 32.2 Å². The summed E-state index contributed by atoms with van der Waals surface area (Å²) in [6.45, 7) is 4.53. The van der Waals surface area contributed by atoms with Gasteiger partial charge in [-0.1, -0.05) is 60.7 Å². The normalized spacial score (nSPS) is 19.3. The molecule has 3 nitrogen and oxygen atoms in total. The van der Waals surface area contributed by atoms with Gasteiger partial charge in [-0.2, -0.15) is 0 Å². The number of hydrogen-bond acceptors (Lipinski definition) is 3. The largest absolute Gasteiger partial charge is 0.366 e. The molecule has 1 fully saturated rings. The van der Waals surface area contributed by atoms with E-state index in [9.17, 15) is 0 Å². The quantitative estimate of drug-likeness (QED) is 0.627. The summed E-state index contributed by atoms with van der Waals surface area (Å²) in [5.41, 5.74) is 4.39. The maximum Gasteiger partial charge on any atom is 0.135 e. The van der Waals surface area contributed by atoms with E-state index >= 15 is 4.39 Å². The Bertz CT molecular complexity index is 826. The van der Waals surface area contributed by atoms with Crippen molar-refractivity contribution in [3.8, 4) is 0 Å². The summed E-state index contributed by atoms with van der Waals surface area (Å²) >= 11 is 0. The summed E-state index contributed by atoms with van der Waals surface area (Å²) in [4.78, 5) is 8.77. The van der Waals surface area contributed by atoms with Crippen LogP contribution in [0.3, 0.4) is 0 Å². The highest BCUT2D eigenvalue weighted by molar-refractivity contribution is 5.46. The van der Waals surface area contributed by atoms with Gasteiger partial charge in [0.2, 0.25) is 0 Å². The molecule has 0 saturated carbocycles.